The van der Waals surface area contributed by atoms with Crippen LogP contribution in [0, 0.1) is 0 Å². The number of benzene rings is 1. The average molecular weight is 256 g/mol. The highest BCUT2D eigenvalue weighted by Gasteiger charge is 2.25. The maximum absolute atomic E-state index is 12.2. The van der Waals surface area contributed by atoms with E-state index in [0.29, 0.717) is 6.54 Å². The number of fused-ring (bicyclic) bond motifs is 1. The molecule has 1 amide bonds. The van der Waals surface area contributed by atoms with Gasteiger partial charge in [-0.25, -0.2) is 0 Å². The standard InChI is InChI=1S/C14H16N4O/c19-14(16-9-11-6-8-17-18-11)13-12-4-2-1-3-10(12)5-7-15-13/h1-4,6,8,13,15H,5,7,9H2,(H,16,19)(H,17,18). The minimum Gasteiger partial charge on any atom is -0.349 e. The normalized spacial score (nSPS) is 17.8. The highest BCUT2D eigenvalue weighted by molar-refractivity contribution is 5.83. The van der Waals surface area contributed by atoms with Crippen molar-refractivity contribution in [3.8, 4) is 0 Å². The van der Waals surface area contributed by atoms with Gasteiger partial charge in [-0.15, -0.1) is 0 Å². The second kappa shape index (κ2) is 5.24. The summed E-state index contributed by atoms with van der Waals surface area (Å²) in [6.07, 6.45) is 2.65. The Hall–Kier alpha value is -2.14. The average Bonchev–Trinajstić information content (AvgIpc) is 2.97. The van der Waals surface area contributed by atoms with Crippen LogP contribution < -0.4 is 10.6 Å². The van der Waals surface area contributed by atoms with Crippen molar-refractivity contribution in [1.29, 1.82) is 0 Å². The van der Waals surface area contributed by atoms with E-state index in [1.54, 1.807) is 6.20 Å². The number of amides is 1. The van der Waals surface area contributed by atoms with Gasteiger partial charge in [0.1, 0.15) is 6.04 Å². The van der Waals surface area contributed by atoms with E-state index in [2.05, 4.69) is 26.9 Å². The fraction of sp³-hybridized carbons (Fsp3) is 0.286. The number of nitrogens with zero attached hydrogens (tertiary/aromatic N) is 1. The number of rotatable bonds is 3. The topological polar surface area (TPSA) is 69.8 Å². The van der Waals surface area contributed by atoms with Gasteiger partial charge in [-0.05, 0) is 23.6 Å². The molecule has 98 valence electrons. The van der Waals surface area contributed by atoms with Crippen molar-refractivity contribution >= 4 is 5.91 Å². The molecule has 2 aromatic rings. The molecule has 0 spiro atoms. The van der Waals surface area contributed by atoms with Crippen molar-refractivity contribution in [3.63, 3.8) is 0 Å². The van der Waals surface area contributed by atoms with E-state index in [-0.39, 0.29) is 11.9 Å². The van der Waals surface area contributed by atoms with Crippen LogP contribution in [0.3, 0.4) is 0 Å². The fourth-order valence-corrected chi connectivity index (χ4v) is 2.41. The van der Waals surface area contributed by atoms with Crippen LogP contribution in [0.2, 0.25) is 0 Å². The van der Waals surface area contributed by atoms with Crippen molar-refractivity contribution < 1.29 is 4.79 Å². The third-order valence-electron chi connectivity index (χ3n) is 3.38. The van der Waals surface area contributed by atoms with E-state index in [9.17, 15) is 4.79 Å². The molecule has 3 rings (SSSR count). The Morgan fingerprint density at radius 1 is 1.37 bits per heavy atom. The molecule has 1 unspecified atom stereocenters. The summed E-state index contributed by atoms with van der Waals surface area (Å²) in [6, 6.07) is 9.69. The van der Waals surface area contributed by atoms with Crippen molar-refractivity contribution in [3.05, 3.63) is 53.3 Å². The lowest BCUT2D eigenvalue weighted by Crippen LogP contribution is -2.41. The summed E-state index contributed by atoms with van der Waals surface area (Å²) >= 11 is 0. The quantitative estimate of drug-likeness (QED) is 0.764. The zero-order chi connectivity index (χ0) is 13.1. The van der Waals surface area contributed by atoms with E-state index in [1.807, 2.05) is 24.3 Å². The van der Waals surface area contributed by atoms with Gasteiger partial charge in [-0.1, -0.05) is 24.3 Å². The molecule has 0 aliphatic carbocycles. The molecular weight excluding hydrogens is 240 g/mol. The van der Waals surface area contributed by atoms with Gasteiger partial charge in [-0.3, -0.25) is 9.89 Å². The van der Waals surface area contributed by atoms with Gasteiger partial charge in [0.05, 0.1) is 12.2 Å². The van der Waals surface area contributed by atoms with E-state index >= 15 is 0 Å². The molecule has 0 fully saturated rings. The molecule has 5 heteroatoms. The predicted octanol–water partition coefficient (Wildman–Crippen LogP) is 0.913. The van der Waals surface area contributed by atoms with E-state index in [1.165, 1.54) is 5.56 Å². The summed E-state index contributed by atoms with van der Waals surface area (Å²) < 4.78 is 0. The summed E-state index contributed by atoms with van der Waals surface area (Å²) in [4.78, 5) is 12.2. The minimum absolute atomic E-state index is 0.00162. The minimum atomic E-state index is -0.257. The van der Waals surface area contributed by atoms with Crippen molar-refractivity contribution in [2.24, 2.45) is 0 Å². The lowest BCUT2D eigenvalue weighted by molar-refractivity contribution is -0.123. The maximum atomic E-state index is 12.2. The largest absolute Gasteiger partial charge is 0.349 e. The summed E-state index contributed by atoms with van der Waals surface area (Å²) in [5.41, 5.74) is 3.23. The molecule has 0 saturated heterocycles. The molecule has 19 heavy (non-hydrogen) atoms. The third kappa shape index (κ3) is 2.51. The first kappa shape index (κ1) is 11.9. The molecular formula is C14H16N4O. The smallest absolute Gasteiger partial charge is 0.242 e. The number of hydrogen-bond donors (Lipinski definition) is 3. The van der Waals surface area contributed by atoms with Crippen LogP contribution in [0.1, 0.15) is 22.9 Å². The van der Waals surface area contributed by atoms with Gasteiger partial charge in [0, 0.05) is 12.7 Å². The molecule has 1 aliphatic rings. The lowest BCUT2D eigenvalue weighted by atomic mass is 9.94. The number of nitrogens with one attached hydrogen (secondary N) is 3. The molecule has 5 nitrogen and oxygen atoms in total. The molecule has 1 aliphatic heterocycles. The van der Waals surface area contributed by atoms with E-state index < -0.39 is 0 Å². The molecule has 1 aromatic carbocycles. The van der Waals surface area contributed by atoms with Crippen molar-refractivity contribution in [2.75, 3.05) is 6.54 Å². The first-order chi connectivity index (χ1) is 9.34. The maximum Gasteiger partial charge on any atom is 0.242 e. The molecule has 3 N–H and O–H groups in total. The molecule has 0 saturated carbocycles. The van der Waals surface area contributed by atoms with Gasteiger partial charge in [0.2, 0.25) is 5.91 Å². The van der Waals surface area contributed by atoms with Gasteiger partial charge in [-0.2, -0.15) is 5.10 Å². The Morgan fingerprint density at radius 3 is 3.11 bits per heavy atom. The third-order valence-corrected chi connectivity index (χ3v) is 3.38. The predicted molar refractivity (Wildman–Crippen MR) is 71.3 cm³/mol. The highest BCUT2D eigenvalue weighted by atomic mass is 16.2. The lowest BCUT2D eigenvalue weighted by Gasteiger charge is -2.25. The van der Waals surface area contributed by atoms with Crippen molar-refractivity contribution in [2.45, 2.75) is 19.0 Å². The summed E-state index contributed by atoms with van der Waals surface area (Å²) in [7, 11) is 0. The molecule has 1 atom stereocenters. The van der Waals surface area contributed by atoms with Crippen LogP contribution in [0.4, 0.5) is 0 Å². The van der Waals surface area contributed by atoms with Crippen LogP contribution in [-0.2, 0) is 17.8 Å². The molecule has 2 heterocycles. The Labute approximate surface area is 111 Å². The van der Waals surface area contributed by atoms with Gasteiger partial charge in [0.15, 0.2) is 0 Å². The summed E-state index contributed by atoms with van der Waals surface area (Å²) in [5, 5.41) is 12.9. The number of aromatic nitrogens is 2. The van der Waals surface area contributed by atoms with Crippen LogP contribution in [0.5, 0.6) is 0 Å². The van der Waals surface area contributed by atoms with Crippen LogP contribution in [0.25, 0.3) is 0 Å². The first-order valence-corrected chi connectivity index (χ1v) is 6.42. The van der Waals surface area contributed by atoms with Gasteiger partial charge < -0.3 is 10.6 Å². The highest BCUT2D eigenvalue weighted by Crippen LogP contribution is 2.22. The van der Waals surface area contributed by atoms with Crippen molar-refractivity contribution in [1.82, 2.24) is 20.8 Å². The number of carbonyl (C=O) groups excluding carboxylic acids is 1. The van der Waals surface area contributed by atoms with Crippen LogP contribution in [0.15, 0.2) is 36.5 Å². The summed E-state index contributed by atoms with van der Waals surface area (Å²) in [6.45, 7) is 1.30. The monoisotopic (exact) mass is 256 g/mol. The van der Waals surface area contributed by atoms with Gasteiger partial charge >= 0.3 is 0 Å². The molecule has 1 aromatic heterocycles. The first-order valence-electron chi connectivity index (χ1n) is 6.42. The Bertz CT molecular complexity index is 565. The summed E-state index contributed by atoms with van der Waals surface area (Å²) in [5.74, 6) is 0.00162. The Kier molecular flexibility index (Phi) is 3.29. The SMILES string of the molecule is O=C(NCc1ccn[nH]1)C1NCCc2ccccc21. The number of hydrogen-bond acceptors (Lipinski definition) is 3. The Balaban J connectivity index is 1.71. The molecule has 0 bridgehead atoms. The number of carbonyl (C=O) groups is 1. The van der Waals surface area contributed by atoms with E-state index in [4.69, 9.17) is 0 Å². The fourth-order valence-electron chi connectivity index (χ4n) is 2.41. The zero-order valence-corrected chi connectivity index (χ0v) is 10.5. The molecule has 0 radical (unpaired) electrons. The number of aromatic amines is 1. The van der Waals surface area contributed by atoms with E-state index in [0.717, 1.165) is 24.2 Å². The van der Waals surface area contributed by atoms with Gasteiger partial charge in [0.25, 0.3) is 0 Å². The number of H-pyrrole nitrogens is 1. The zero-order valence-electron chi connectivity index (χ0n) is 10.5. The second-order valence-corrected chi connectivity index (χ2v) is 4.64. The van der Waals surface area contributed by atoms with Crippen LogP contribution >= 0.6 is 0 Å². The second-order valence-electron chi connectivity index (χ2n) is 4.64. The van der Waals surface area contributed by atoms with Crippen LogP contribution in [-0.4, -0.2) is 22.6 Å². The Morgan fingerprint density at radius 2 is 2.26 bits per heavy atom.